The number of anilines is 2. The second-order valence-corrected chi connectivity index (χ2v) is 9.07. The van der Waals surface area contributed by atoms with E-state index >= 15 is 0 Å². The van der Waals surface area contributed by atoms with Crippen molar-refractivity contribution < 1.29 is 23.9 Å². The van der Waals surface area contributed by atoms with Gasteiger partial charge in [-0.05, 0) is 67.4 Å². The number of hydrogen-bond acceptors (Lipinski definition) is 5. The van der Waals surface area contributed by atoms with Crippen LogP contribution in [0.25, 0.3) is 6.08 Å². The number of para-hydroxylation sites is 1. The number of rotatable bonds is 6. The molecule has 0 atom stereocenters. The fraction of sp³-hybridized carbons (Fsp3) is 0.111. The number of amides is 5. The minimum Gasteiger partial charge on any atom is -0.483 e. The largest absolute Gasteiger partial charge is 0.483 e. The maximum absolute atomic E-state index is 13.2. The Morgan fingerprint density at radius 2 is 1.76 bits per heavy atom. The van der Waals surface area contributed by atoms with E-state index in [1.54, 1.807) is 37.3 Å². The molecule has 0 unspecified atom stereocenters. The smallest absolute Gasteiger partial charge is 0.335 e. The van der Waals surface area contributed by atoms with Crippen molar-refractivity contribution in [3.63, 3.8) is 0 Å². The van der Waals surface area contributed by atoms with Crippen LogP contribution < -0.4 is 20.3 Å². The van der Waals surface area contributed by atoms with Crippen LogP contribution in [0.2, 0.25) is 10.0 Å². The normalized spacial score (nSPS) is 14.5. The molecular formula is C27H21Cl2N3O5. The second-order valence-electron chi connectivity index (χ2n) is 8.23. The Balaban J connectivity index is 1.60. The van der Waals surface area contributed by atoms with Gasteiger partial charge in [0.15, 0.2) is 6.61 Å². The zero-order valence-corrected chi connectivity index (χ0v) is 21.3. The van der Waals surface area contributed by atoms with E-state index < -0.39 is 23.8 Å². The molecule has 8 nitrogen and oxygen atoms in total. The average Bonchev–Trinajstić information content (AvgIpc) is 2.84. The van der Waals surface area contributed by atoms with E-state index in [0.29, 0.717) is 15.7 Å². The SMILES string of the molecule is Cc1ccc(N2C(=O)NC(=O)/C(=C\c3cc(Cl)ccc3OCC(=O)Nc3ccccc3C)C2=O)cc1Cl. The summed E-state index contributed by atoms with van der Waals surface area (Å²) < 4.78 is 5.68. The third-order valence-corrected chi connectivity index (χ3v) is 6.21. The fourth-order valence-electron chi connectivity index (χ4n) is 3.57. The zero-order valence-electron chi connectivity index (χ0n) is 19.8. The summed E-state index contributed by atoms with van der Waals surface area (Å²) in [6.07, 6.45) is 1.26. The summed E-state index contributed by atoms with van der Waals surface area (Å²) in [5.41, 5.74) is 2.45. The van der Waals surface area contributed by atoms with Crippen LogP contribution in [0.3, 0.4) is 0 Å². The van der Waals surface area contributed by atoms with E-state index in [4.69, 9.17) is 27.9 Å². The highest BCUT2D eigenvalue weighted by molar-refractivity contribution is 6.39. The topological polar surface area (TPSA) is 105 Å². The van der Waals surface area contributed by atoms with Gasteiger partial charge < -0.3 is 10.1 Å². The average molecular weight is 538 g/mol. The van der Waals surface area contributed by atoms with E-state index in [9.17, 15) is 19.2 Å². The minimum absolute atomic E-state index is 0.201. The number of carbonyl (C=O) groups excluding carboxylic acids is 4. The molecule has 4 rings (SSSR count). The van der Waals surface area contributed by atoms with Crippen molar-refractivity contribution in [1.29, 1.82) is 0 Å². The Kier molecular flexibility index (Phi) is 7.61. The fourth-order valence-corrected chi connectivity index (χ4v) is 3.93. The molecule has 10 heteroatoms. The first kappa shape index (κ1) is 25.9. The summed E-state index contributed by atoms with van der Waals surface area (Å²) in [5, 5.41) is 5.59. The van der Waals surface area contributed by atoms with Crippen LogP contribution in [-0.2, 0) is 14.4 Å². The van der Waals surface area contributed by atoms with Gasteiger partial charge in [-0.2, -0.15) is 0 Å². The molecule has 1 aliphatic rings. The van der Waals surface area contributed by atoms with E-state index in [1.165, 1.54) is 24.3 Å². The molecule has 0 bridgehead atoms. The summed E-state index contributed by atoms with van der Waals surface area (Å²) in [5.74, 6) is -1.92. The molecule has 188 valence electrons. The second kappa shape index (κ2) is 10.9. The summed E-state index contributed by atoms with van der Waals surface area (Å²) in [7, 11) is 0. The van der Waals surface area contributed by atoms with Gasteiger partial charge in [-0.25, -0.2) is 9.69 Å². The van der Waals surface area contributed by atoms with Crippen molar-refractivity contribution in [2.24, 2.45) is 0 Å². The van der Waals surface area contributed by atoms with Crippen LogP contribution in [0.15, 0.2) is 66.2 Å². The number of nitrogens with zero attached hydrogens (tertiary/aromatic N) is 1. The number of hydrogen-bond donors (Lipinski definition) is 2. The number of benzene rings is 3. The molecule has 0 aromatic heterocycles. The first-order chi connectivity index (χ1) is 17.6. The van der Waals surface area contributed by atoms with Crippen molar-refractivity contribution >= 4 is 64.4 Å². The number of carbonyl (C=O) groups is 4. The van der Waals surface area contributed by atoms with Gasteiger partial charge in [0.2, 0.25) is 0 Å². The molecule has 0 radical (unpaired) electrons. The molecular weight excluding hydrogens is 517 g/mol. The van der Waals surface area contributed by atoms with Crippen molar-refractivity contribution in [2.45, 2.75) is 13.8 Å². The highest BCUT2D eigenvalue weighted by atomic mass is 35.5. The summed E-state index contributed by atoms with van der Waals surface area (Å²) >= 11 is 12.3. The predicted octanol–water partition coefficient (Wildman–Crippen LogP) is 5.29. The third kappa shape index (κ3) is 5.82. The lowest BCUT2D eigenvalue weighted by molar-refractivity contribution is -0.122. The lowest BCUT2D eigenvalue weighted by Crippen LogP contribution is -2.54. The van der Waals surface area contributed by atoms with Gasteiger partial charge in [0.05, 0.1) is 5.69 Å². The molecule has 0 spiro atoms. The van der Waals surface area contributed by atoms with E-state index in [-0.39, 0.29) is 29.2 Å². The lowest BCUT2D eigenvalue weighted by Gasteiger charge is -2.26. The predicted molar refractivity (Wildman–Crippen MR) is 142 cm³/mol. The highest BCUT2D eigenvalue weighted by Gasteiger charge is 2.37. The standard InChI is InChI=1S/C27H21Cl2N3O5/c1-15-7-9-19(13-21(15)29)32-26(35)20(25(34)31-27(32)36)12-17-11-18(28)8-10-23(17)37-14-24(33)30-22-6-4-3-5-16(22)2/h3-13H,14H2,1-2H3,(H,30,33)(H,31,34,36)/b20-12+. The number of aryl methyl sites for hydroxylation is 2. The van der Waals surface area contributed by atoms with Gasteiger partial charge >= 0.3 is 6.03 Å². The van der Waals surface area contributed by atoms with Crippen LogP contribution >= 0.6 is 23.2 Å². The maximum atomic E-state index is 13.2. The molecule has 3 aromatic carbocycles. The molecule has 3 aromatic rings. The van der Waals surface area contributed by atoms with Crippen molar-refractivity contribution in [1.82, 2.24) is 5.32 Å². The van der Waals surface area contributed by atoms with Crippen LogP contribution in [0, 0.1) is 13.8 Å². The van der Waals surface area contributed by atoms with Gasteiger partial charge in [-0.15, -0.1) is 0 Å². The van der Waals surface area contributed by atoms with Gasteiger partial charge in [0, 0.05) is 21.3 Å². The third-order valence-electron chi connectivity index (χ3n) is 5.56. The number of halogens is 2. The summed E-state index contributed by atoms with van der Waals surface area (Å²) in [4.78, 5) is 51.6. The molecule has 1 heterocycles. The van der Waals surface area contributed by atoms with Gasteiger partial charge in [0.25, 0.3) is 17.7 Å². The molecule has 0 aliphatic carbocycles. The number of ether oxygens (including phenoxy) is 1. The Hall–Kier alpha value is -4.14. The lowest BCUT2D eigenvalue weighted by atomic mass is 10.1. The molecule has 1 saturated heterocycles. The molecule has 0 saturated carbocycles. The van der Waals surface area contributed by atoms with Crippen LogP contribution in [-0.4, -0.2) is 30.4 Å². The van der Waals surface area contributed by atoms with Crippen molar-refractivity contribution in [3.05, 3.63) is 93.0 Å². The highest BCUT2D eigenvalue weighted by Crippen LogP contribution is 2.29. The number of nitrogens with one attached hydrogen (secondary N) is 2. The Morgan fingerprint density at radius 1 is 1.00 bits per heavy atom. The quantitative estimate of drug-likeness (QED) is 0.328. The first-order valence-electron chi connectivity index (χ1n) is 11.1. The summed E-state index contributed by atoms with van der Waals surface area (Å²) in [6.45, 7) is 3.31. The molecule has 1 fully saturated rings. The molecule has 2 N–H and O–H groups in total. The number of urea groups is 1. The van der Waals surface area contributed by atoms with E-state index in [2.05, 4.69) is 10.6 Å². The molecule has 5 amide bonds. The van der Waals surface area contributed by atoms with Gasteiger partial charge in [0.1, 0.15) is 11.3 Å². The van der Waals surface area contributed by atoms with Crippen LogP contribution in [0.5, 0.6) is 5.75 Å². The molecule has 37 heavy (non-hydrogen) atoms. The number of barbiturate groups is 1. The monoisotopic (exact) mass is 537 g/mol. The van der Waals surface area contributed by atoms with E-state index in [0.717, 1.165) is 16.0 Å². The van der Waals surface area contributed by atoms with Gasteiger partial charge in [-0.3, -0.25) is 19.7 Å². The Morgan fingerprint density at radius 3 is 2.49 bits per heavy atom. The first-order valence-corrected chi connectivity index (χ1v) is 11.8. The van der Waals surface area contributed by atoms with Crippen LogP contribution in [0.1, 0.15) is 16.7 Å². The van der Waals surface area contributed by atoms with Crippen molar-refractivity contribution in [3.8, 4) is 5.75 Å². The maximum Gasteiger partial charge on any atom is 0.335 e. The summed E-state index contributed by atoms with van der Waals surface area (Å²) in [6, 6.07) is 15.6. The zero-order chi connectivity index (χ0) is 26.7. The van der Waals surface area contributed by atoms with Crippen LogP contribution in [0.4, 0.5) is 16.2 Å². The Bertz CT molecular complexity index is 1470. The van der Waals surface area contributed by atoms with Gasteiger partial charge in [-0.1, -0.05) is 47.5 Å². The Labute approximate surface area is 222 Å². The van der Waals surface area contributed by atoms with Crippen molar-refractivity contribution in [2.75, 3.05) is 16.8 Å². The molecule has 1 aliphatic heterocycles. The van der Waals surface area contributed by atoms with E-state index in [1.807, 2.05) is 19.1 Å². The minimum atomic E-state index is -0.900. The number of imide groups is 2.